The number of phenolic OH excluding ortho intramolecular Hbond substituents is 1. The minimum Gasteiger partial charge on any atom is -0.508 e. The molecule has 0 bridgehead atoms. The van der Waals surface area contributed by atoms with E-state index in [0.717, 1.165) is 17.5 Å². The van der Waals surface area contributed by atoms with Gasteiger partial charge in [-0.3, -0.25) is 4.79 Å². The Kier molecular flexibility index (Phi) is 11.1. The molecule has 3 N–H and O–H groups in total. The molecule has 0 fully saturated rings. The molecule has 2 rings (SSSR count). The number of rotatable bonds is 13. The number of thioether (sulfide) groups is 1. The Morgan fingerprint density at radius 1 is 1.03 bits per heavy atom. The van der Waals surface area contributed by atoms with Crippen LogP contribution in [0.4, 0.5) is 4.79 Å². The fraction of sp³-hybridized carbons (Fsp3) is 0.440. The van der Waals surface area contributed by atoms with Gasteiger partial charge in [0, 0.05) is 12.6 Å². The smallest absolute Gasteiger partial charge is 0.407 e. The minimum absolute atomic E-state index is 0.112. The highest BCUT2D eigenvalue weighted by Crippen LogP contribution is 2.13. The molecule has 2 unspecified atom stereocenters. The van der Waals surface area contributed by atoms with E-state index in [1.54, 1.807) is 12.1 Å². The monoisotopic (exact) mass is 458 g/mol. The van der Waals surface area contributed by atoms with E-state index in [2.05, 4.69) is 24.5 Å². The summed E-state index contributed by atoms with van der Waals surface area (Å²) in [5.74, 6) is 1.09. The van der Waals surface area contributed by atoms with Crippen LogP contribution < -0.4 is 10.6 Å². The van der Waals surface area contributed by atoms with Crippen LogP contribution in [0.15, 0.2) is 54.6 Å². The summed E-state index contributed by atoms with van der Waals surface area (Å²) in [5, 5.41) is 15.8. The fourth-order valence-electron chi connectivity index (χ4n) is 3.39. The van der Waals surface area contributed by atoms with Gasteiger partial charge >= 0.3 is 6.09 Å². The van der Waals surface area contributed by atoms with E-state index in [4.69, 9.17) is 4.74 Å². The first-order chi connectivity index (χ1) is 15.4. The molecule has 0 heterocycles. The number of carbonyl (C=O) groups is 2. The molecule has 2 aromatic carbocycles. The number of nitrogens with one attached hydrogen (secondary N) is 2. The first-order valence-corrected chi connectivity index (χ1v) is 12.3. The molecule has 0 aliphatic rings. The zero-order valence-corrected chi connectivity index (χ0v) is 19.9. The number of amides is 1. The second-order valence-electron chi connectivity index (χ2n) is 8.26. The third-order valence-electron chi connectivity index (χ3n) is 4.95. The molecule has 0 aliphatic carbocycles. The topological polar surface area (TPSA) is 87.7 Å². The lowest BCUT2D eigenvalue weighted by atomic mass is 10.0. The van der Waals surface area contributed by atoms with Gasteiger partial charge in [0.1, 0.15) is 12.4 Å². The van der Waals surface area contributed by atoms with E-state index >= 15 is 0 Å². The highest BCUT2D eigenvalue weighted by atomic mass is 32.2. The maximum absolute atomic E-state index is 12.7. The second kappa shape index (κ2) is 13.8. The molecule has 2 aromatic rings. The van der Waals surface area contributed by atoms with Gasteiger partial charge < -0.3 is 20.5 Å². The van der Waals surface area contributed by atoms with Crippen molar-refractivity contribution in [1.82, 2.24) is 10.6 Å². The third kappa shape index (κ3) is 9.75. The van der Waals surface area contributed by atoms with Gasteiger partial charge in [-0.25, -0.2) is 4.79 Å². The molecule has 32 heavy (non-hydrogen) atoms. The number of hydrogen-bond donors (Lipinski definition) is 3. The summed E-state index contributed by atoms with van der Waals surface area (Å²) in [7, 11) is 0. The van der Waals surface area contributed by atoms with E-state index in [0.29, 0.717) is 24.6 Å². The number of hydrogen-bond acceptors (Lipinski definition) is 6. The second-order valence-corrected chi connectivity index (χ2v) is 9.13. The number of ketones is 1. The molecule has 0 saturated heterocycles. The fourth-order valence-corrected chi connectivity index (χ4v) is 3.87. The Morgan fingerprint density at radius 3 is 2.34 bits per heavy atom. The van der Waals surface area contributed by atoms with Gasteiger partial charge in [0.2, 0.25) is 0 Å². The van der Waals surface area contributed by atoms with Gasteiger partial charge in [-0.05, 0) is 48.3 Å². The summed E-state index contributed by atoms with van der Waals surface area (Å²) >= 11 is 1.49. The van der Waals surface area contributed by atoms with Crippen LogP contribution >= 0.6 is 11.8 Å². The molecule has 0 radical (unpaired) electrons. The van der Waals surface area contributed by atoms with Crippen LogP contribution in [-0.4, -0.2) is 47.6 Å². The predicted molar refractivity (Wildman–Crippen MR) is 130 cm³/mol. The molecule has 0 aromatic heterocycles. The average molecular weight is 459 g/mol. The van der Waals surface area contributed by atoms with E-state index in [1.165, 1.54) is 11.8 Å². The summed E-state index contributed by atoms with van der Waals surface area (Å²) in [5.41, 5.74) is 1.89. The van der Waals surface area contributed by atoms with E-state index < -0.39 is 6.09 Å². The summed E-state index contributed by atoms with van der Waals surface area (Å²) in [6.07, 6.45) is 2.72. The molecule has 0 spiro atoms. The van der Waals surface area contributed by atoms with Crippen molar-refractivity contribution >= 4 is 23.6 Å². The Hall–Kier alpha value is -2.51. The SMILES string of the molecule is CSCC(=O)C(Cc1ccc(O)cc1)NCC(CC(C)C)NC(=O)OCc1ccccc1. The van der Waals surface area contributed by atoms with Crippen LogP contribution in [0.3, 0.4) is 0 Å². The van der Waals surface area contributed by atoms with Crippen molar-refractivity contribution in [3.8, 4) is 5.75 Å². The zero-order chi connectivity index (χ0) is 23.3. The van der Waals surface area contributed by atoms with Crippen LogP contribution in [0, 0.1) is 5.92 Å². The van der Waals surface area contributed by atoms with Crippen molar-refractivity contribution in [2.45, 2.75) is 45.4 Å². The molecule has 7 heteroatoms. The highest BCUT2D eigenvalue weighted by Gasteiger charge is 2.22. The van der Waals surface area contributed by atoms with Gasteiger partial charge in [0.25, 0.3) is 0 Å². The molecule has 0 saturated carbocycles. The van der Waals surface area contributed by atoms with Crippen molar-refractivity contribution in [3.63, 3.8) is 0 Å². The van der Waals surface area contributed by atoms with Crippen LogP contribution in [0.1, 0.15) is 31.4 Å². The van der Waals surface area contributed by atoms with Crippen molar-refractivity contribution < 1.29 is 19.4 Å². The molecular weight excluding hydrogens is 424 g/mol. The Balaban J connectivity index is 1.96. The maximum Gasteiger partial charge on any atom is 0.407 e. The molecular formula is C25H34N2O4S. The molecule has 2 atom stereocenters. The predicted octanol–water partition coefficient (Wildman–Crippen LogP) is 4.17. The summed E-state index contributed by atoms with van der Waals surface area (Å²) < 4.78 is 5.37. The molecule has 1 amide bonds. The van der Waals surface area contributed by atoms with E-state index in [1.807, 2.05) is 48.7 Å². The summed E-state index contributed by atoms with van der Waals surface area (Å²) in [6, 6.07) is 15.9. The standard InChI is InChI=1S/C25H34N2O4S/c1-18(2)13-21(27-25(30)31-16-20-7-5-4-6-8-20)15-26-23(24(29)17-32-3)14-19-9-11-22(28)12-10-19/h4-12,18,21,23,26,28H,13-17H2,1-3H3,(H,27,30). The van der Waals surface area contributed by atoms with Crippen molar-refractivity contribution in [2.24, 2.45) is 5.92 Å². The number of benzene rings is 2. The number of ether oxygens (including phenoxy) is 1. The number of carbonyl (C=O) groups excluding carboxylic acids is 2. The van der Waals surface area contributed by atoms with Gasteiger partial charge in [0.05, 0.1) is 11.8 Å². The van der Waals surface area contributed by atoms with Crippen LogP contribution in [0.25, 0.3) is 0 Å². The van der Waals surface area contributed by atoms with Crippen molar-refractivity contribution in [2.75, 3.05) is 18.6 Å². The Bertz CT molecular complexity index is 828. The quantitative estimate of drug-likeness (QED) is 0.418. The maximum atomic E-state index is 12.7. The molecule has 174 valence electrons. The highest BCUT2D eigenvalue weighted by molar-refractivity contribution is 7.99. The molecule has 0 aliphatic heterocycles. The first kappa shape index (κ1) is 25.7. The lowest BCUT2D eigenvalue weighted by Crippen LogP contribution is -2.48. The van der Waals surface area contributed by atoms with Gasteiger partial charge in [-0.15, -0.1) is 0 Å². The lowest BCUT2D eigenvalue weighted by molar-refractivity contribution is -0.118. The van der Waals surface area contributed by atoms with Crippen LogP contribution in [-0.2, 0) is 22.6 Å². The zero-order valence-electron chi connectivity index (χ0n) is 19.0. The van der Waals surface area contributed by atoms with Crippen LogP contribution in [0.5, 0.6) is 5.75 Å². The number of phenols is 1. The summed E-state index contributed by atoms with van der Waals surface area (Å²) in [6.45, 7) is 4.86. The molecule has 6 nitrogen and oxygen atoms in total. The minimum atomic E-state index is -0.466. The first-order valence-electron chi connectivity index (χ1n) is 10.9. The van der Waals surface area contributed by atoms with Crippen molar-refractivity contribution in [3.05, 3.63) is 65.7 Å². The van der Waals surface area contributed by atoms with Gasteiger partial charge in [-0.2, -0.15) is 11.8 Å². The lowest BCUT2D eigenvalue weighted by Gasteiger charge is -2.24. The average Bonchev–Trinajstić information content (AvgIpc) is 2.77. The van der Waals surface area contributed by atoms with Crippen LogP contribution in [0.2, 0.25) is 0 Å². The summed E-state index contributed by atoms with van der Waals surface area (Å²) in [4.78, 5) is 25.0. The van der Waals surface area contributed by atoms with Gasteiger partial charge in [-0.1, -0.05) is 56.3 Å². The largest absolute Gasteiger partial charge is 0.508 e. The number of Topliss-reactive ketones (excluding diaryl/α,β-unsaturated/α-hetero) is 1. The Labute approximate surface area is 195 Å². The van der Waals surface area contributed by atoms with E-state index in [9.17, 15) is 14.7 Å². The van der Waals surface area contributed by atoms with Crippen molar-refractivity contribution in [1.29, 1.82) is 0 Å². The normalized spacial score (nSPS) is 12.9. The Morgan fingerprint density at radius 2 is 1.72 bits per heavy atom. The van der Waals surface area contributed by atoms with Gasteiger partial charge in [0.15, 0.2) is 5.78 Å². The third-order valence-corrected chi connectivity index (χ3v) is 5.53. The van der Waals surface area contributed by atoms with E-state index in [-0.39, 0.29) is 30.2 Å². The number of aromatic hydroxyl groups is 1. The number of alkyl carbamates (subject to hydrolysis) is 1.